The summed E-state index contributed by atoms with van der Waals surface area (Å²) in [5.41, 5.74) is -0.547. The standard InChI is InChI=1S/C12H23N5O2/c1-6-7-13-9-14-10(16-11(15-9)19-5)17-12(3,4)8(2)18/h8,18H,6-7H2,1-5H3,(H2,13,14,15,16,17). The second-order valence-electron chi connectivity index (χ2n) is 4.92. The van der Waals surface area contributed by atoms with E-state index in [0.29, 0.717) is 11.9 Å². The number of anilines is 2. The quantitative estimate of drug-likeness (QED) is 0.686. The van der Waals surface area contributed by atoms with Crippen molar-refractivity contribution in [2.24, 2.45) is 0 Å². The fourth-order valence-electron chi connectivity index (χ4n) is 1.21. The Morgan fingerprint density at radius 1 is 1.26 bits per heavy atom. The molecule has 0 amide bonds. The maximum Gasteiger partial charge on any atom is 0.322 e. The van der Waals surface area contributed by atoms with Gasteiger partial charge in [0.2, 0.25) is 11.9 Å². The lowest BCUT2D eigenvalue weighted by molar-refractivity contribution is 0.132. The van der Waals surface area contributed by atoms with Gasteiger partial charge in [0.15, 0.2) is 0 Å². The van der Waals surface area contributed by atoms with Crippen molar-refractivity contribution in [3.63, 3.8) is 0 Å². The topological polar surface area (TPSA) is 92.2 Å². The molecule has 0 spiro atoms. The van der Waals surface area contributed by atoms with Crippen LogP contribution in [0.4, 0.5) is 11.9 Å². The van der Waals surface area contributed by atoms with E-state index in [-0.39, 0.29) is 6.01 Å². The number of hydrogen-bond donors (Lipinski definition) is 3. The highest BCUT2D eigenvalue weighted by molar-refractivity contribution is 5.38. The number of nitrogens with one attached hydrogen (secondary N) is 2. The summed E-state index contributed by atoms with van der Waals surface area (Å²) in [6.45, 7) is 8.27. The molecule has 1 unspecified atom stereocenters. The van der Waals surface area contributed by atoms with Gasteiger partial charge in [-0.25, -0.2) is 0 Å². The van der Waals surface area contributed by atoms with Crippen LogP contribution in [0.5, 0.6) is 6.01 Å². The van der Waals surface area contributed by atoms with E-state index in [4.69, 9.17) is 4.74 Å². The van der Waals surface area contributed by atoms with Crippen LogP contribution in [0.3, 0.4) is 0 Å². The molecule has 0 aliphatic rings. The van der Waals surface area contributed by atoms with E-state index in [0.717, 1.165) is 13.0 Å². The second-order valence-corrected chi connectivity index (χ2v) is 4.92. The summed E-state index contributed by atoms with van der Waals surface area (Å²) in [7, 11) is 1.50. The van der Waals surface area contributed by atoms with Crippen LogP contribution in [-0.4, -0.2) is 45.4 Å². The molecule has 1 aromatic heterocycles. The van der Waals surface area contributed by atoms with E-state index in [2.05, 4.69) is 32.5 Å². The third-order valence-corrected chi connectivity index (χ3v) is 2.81. The molecule has 1 rings (SSSR count). The zero-order chi connectivity index (χ0) is 14.5. The Bertz CT molecular complexity index is 409. The van der Waals surface area contributed by atoms with E-state index in [1.165, 1.54) is 7.11 Å². The normalized spacial score (nSPS) is 12.9. The van der Waals surface area contributed by atoms with Crippen molar-refractivity contribution in [3.8, 4) is 6.01 Å². The number of rotatable bonds is 7. The van der Waals surface area contributed by atoms with E-state index >= 15 is 0 Å². The highest BCUT2D eigenvalue weighted by Crippen LogP contribution is 2.18. The molecule has 7 heteroatoms. The van der Waals surface area contributed by atoms with E-state index < -0.39 is 11.6 Å². The van der Waals surface area contributed by atoms with Gasteiger partial charge in [-0.3, -0.25) is 0 Å². The minimum absolute atomic E-state index is 0.234. The zero-order valence-corrected chi connectivity index (χ0v) is 12.2. The number of aliphatic hydroxyl groups excluding tert-OH is 1. The Hall–Kier alpha value is -1.63. The van der Waals surface area contributed by atoms with Crippen molar-refractivity contribution >= 4 is 11.9 Å². The number of hydrogen-bond acceptors (Lipinski definition) is 7. The van der Waals surface area contributed by atoms with Gasteiger partial charge in [-0.1, -0.05) is 6.92 Å². The number of aliphatic hydroxyl groups is 1. The summed E-state index contributed by atoms with van der Waals surface area (Å²) in [6, 6.07) is 0.234. The van der Waals surface area contributed by atoms with Crippen molar-refractivity contribution in [2.75, 3.05) is 24.3 Å². The van der Waals surface area contributed by atoms with Crippen LogP contribution in [0.15, 0.2) is 0 Å². The fraction of sp³-hybridized carbons (Fsp3) is 0.750. The first-order chi connectivity index (χ1) is 8.89. The average Bonchev–Trinajstić information content (AvgIpc) is 2.35. The molecular weight excluding hydrogens is 246 g/mol. The molecule has 3 N–H and O–H groups in total. The van der Waals surface area contributed by atoms with Gasteiger partial charge in [0.05, 0.1) is 18.8 Å². The molecule has 0 saturated heterocycles. The smallest absolute Gasteiger partial charge is 0.322 e. The molecule has 0 bridgehead atoms. The largest absolute Gasteiger partial charge is 0.467 e. The molecule has 1 heterocycles. The lowest BCUT2D eigenvalue weighted by Crippen LogP contribution is -2.42. The number of nitrogens with zero attached hydrogens (tertiary/aromatic N) is 3. The van der Waals surface area contributed by atoms with Gasteiger partial charge < -0.3 is 20.5 Å². The van der Waals surface area contributed by atoms with Crippen LogP contribution < -0.4 is 15.4 Å². The third kappa shape index (κ3) is 4.51. The molecule has 1 atom stereocenters. The van der Waals surface area contributed by atoms with Crippen LogP contribution in [0.1, 0.15) is 34.1 Å². The molecule has 1 aromatic rings. The Labute approximate surface area is 113 Å². The zero-order valence-electron chi connectivity index (χ0n) is 12.2. The molecule has 0 aromatic carbocycles. The monoisotopic (exact) mass is 269 g/mol. The molecule has 0 aliphatic carbocycles. The van der Waals surface area contributed by atoms with E-state index in [1.807, 2.05) is 13.8 Å². The summed E-state index contributed by atoms with van der Waals surface area (Å²) in [5, 5.41) is 15.9. The Morgan fingerprint density at radius 2 is 1.89 bits per heavy atom. The number of methoxy groups -OCH3 is 1. The Kier molecular flexibility index (Phi) is 5.29. The Morgan fingerprint density at radius 3 is 2.42 bits per heavy atom. The highest BCUT2D eigenvalue weighted by atomic mass is 16.5. The molecule has 7 nitrogen and oxygen atoms in total. The first kappa shape index (κ1) is 15.4. The van der Waals surface area contributed by atoms with Gasteiger partial charge in [-0.15, -0.1) is 0 Å². The first-order valence-electron chi connectivity index (χ1n) is 6.39. The molecule has 19 heavy (non-hydrogen) atoms. The van der Waals surface area contributed by atoms with Crippen molar-refractivity contribution in [3.05, 3.63) is 0 Å². The molecule has 0 aliphatic heterocycles. The Balaban J connectivity index is 2.93. The van der Waals surface area contributed by atoms with Gasteiger partial charge in [0.1, 0.15) is 0 Å². The van der Waals surface area contributed by atoms with Crippen LogP contribution in [0.2, 0.25) is 0 Å². The minimum atomic E-state index is -0.553. The minimum Gasteiger partial charge on any atom is -0.467 e. The van der Waals surface area contributed by atoms with Crippen LogP contribution in [0, 0.1) is 0 Å². The molecule has 0 radical (unpaired) electrons. The molecule has 0 saturated carbocycles. The summed E-state index contributed by atoms with van der Waals surface area (Å²) < 4.78 is 5.05. The van der Waals surface area contributed by atoms with E-state index in [1.54, 1.807) is 6.92 Å². The van der Waals surface area contributed by atoms with Gasteiger partial charge in [0.25, 0.3) is 0 Å². The summed E-state index contributed by atoms with van der Waals surface area (Å²) >= 11 is 0. The summed E-state index contributed by atoms with van der Waals surface area (Å²) in [5.74, 6) is 0.828. The predicted octanol–water partition coefficient (Wildman–Crippen LogP) is 1.27. The van der Waals surface area contributed by atoms with E-state index in [9.17, 15) is 5.11 Å². The van der Waals surface area contributed by atoms with Crippen molar-refractivity contribution < 1.29 is 9.84 Å². The fourth-order valence-corrected chi connectivity index (χ4v) is 1.21. The second kappa shape index (κ2) is 6.51. The summed E-state index contributed by atoms with van der Waals surface area (Å²) in [6.07, 6.45) is 0.415. The maximum absolute atomic E-state index is 9.70. The summed E-state index contributed by atoms with van der Waals surface area (Å²) in [4.78, 5) is 12.5. The van der Waals surface area contributed by atoms with Crippen LogP contribution in [-0.2, 0) is 0 Å². The maximum atomic E-state index is 9.70. The molecular formula is C12H23N5O2. The van der Waals surface area contributed by atoms with Gasteiger partial charge in [-0.2, -0.15) is 15.0 Å². The third-order valence-electron chi connectivity index (χ3n) is 2.81. The van der Waals surface area contributed by atoms with Gasteiger partial charge in [0, 0.05) is 6.54 Å². The highest BCUT2D eigenvalue weighted by Gasteiger charge is 2.25. The van der Waals surface area contributed by atoms with Crippen LogP contribution in [0.25, 0.3) is 0 Å². The van der Waals surface area contributed by atoms with Gasteiger partial charge in [-0.05, 0) is 27.2 Å². The molecule has 0 fully saturated rings. The first-order valence-corrected chi connectivity index (χ1v) is 6.39. The van der Waals surface area contributed by atoms with Crippen molar-refractivity contribution in [1.29, 1.82) is 0 Å². The van der Waals surface area contributed by atoms with Crippen molar-refractivity contribution in [1.82, 2.24) is 15.0 Å². The lowest BCUT2D eigenvalue weighted by atomic mass is 9.99. The SMILES string of the molecule is CCCNc1nc(NC(C)(C)C(C)O)nc(OC)n1. The van der Waals surface area contributed by atoms with Gasteiger partial charge >= 0.3 is 6.01 Å². The van der Waals surface area contributed by atoms with Crippen LogP contribution >= 0.6 is 0 Å². The molecule has 108 valence electrons. The predicted molar refractivity (Wildman–Crippen MR) is 74.5 cm³/mol. The average molecular weight is 269 g/mol. The van der Waals surface area contributed by atoms with Crippen molar-refractivity contribution in [2.45, 2.75) is 45.8 Å². The number of aromatic nitrogens is 3. The number of ether oxygens (including phenoxy) is 1. The lowest BCUT2D eigenvalue weighted by Gasteiger charge is -2.29.